The molecule has 3 aromatic heterocycles. The number of benzene rings is 1. The second-order valence-electron chi connectivity index (χ2n) is 9.50. The van der Waals surface area contributed by atoms with Gasteiger partial charge in [0.2, 0.25) is 0 Å². The molecular weight excluding hydrogens is 525 g/mol. The third-order valence-electron chi connectivity index (χ3n) is 5.38. The number of anilines is 1. The Morgan fingerprint density at radius 2 is 1.90 bits per heavy atom. The topological polar surface area (TPSA) is 124 Å². The highest BCUT2D eigenvalue weighted by Gasteiger charge is 2.22. The van der Waals surface area contributed by atoms with Crippen molar-refractivity contribution in [2.75, 3.05) is 11.9 Å². The molecule has 4 rings (SSSR count). The van der Waals surface area contributed by atoms with Crippen molar-refractivity contribution in [2.45, 2.75) is 46.3 Å². The minimum absolute atomic E-state index is 0.0118. The molecule has 39 heavy (non-hydrogen) atoms. The number of amides is 2. The highest BCUT2D eigenvalue weighted by atomic mass is 32.1. The van der Waals surface area contributed by atoms with Gasteiger partial charge in [0.1, 0.15) is 11.4 Å². The van der Waals surface area contributed by atoms with Crippen molar-refractivity contribution < 1.29 is 28.2 Å². The Bertz CT molecular complexity index is 1520. The van der Waals surface area contributed by atoms with Crippen molar-refractivity contribution in [1.29, 1.82) is 0 Å². The van der Waals surface area contributed by atoms with E-state index in [4.69, 9.17) is 9.47 Å². The summed E-state index contributed by atoms with van der Waals surface area (Å²) < 4.78 is 27.2. The molecule has 3 heterocycles. The standard InChI is InChI=1S/C27H28FN5O5S/c1-5-37-21(34)12-17-14-39-15-19(17)30-25(35)23-20-10-7-11-33(20)32-24(31-23)18-9-6-8-16(22(18)28)13-29-26(36)38-27(2,3)4/h6-11,14-15H,5,12-13H2,1-4H3,(H,29,36)(H,30,35). The zero-order valence-corrected chi connectivity index (χ0v) is 22.7. The van der Waals surface area contributed by atoms with Crippen LogP contribution in [0.3, 0.4) is 0 Å². The van der Waals surface area contributed by atoms with Crippen molar-refractivity contribution in [3.05, 3.63) is 69.9 Å². The molecule has 0 fully saturated rings. The number of rotatable bonds is 8. The number of nitrogens with one attached hydrogen (secondary N) is 2. The first-order chi connectivity index (χ1) is 18.6. The zero-order valence-electron chi connectivity index (χ0n) is 21.9. The van der Waals surface area contributed by atoms with Crippen LogP contribution < -0.4 is 10.6 Å². The summed E-state index contributed by atoms with van der Waals surface area (Å²) in [5.41, 5.74) is 1.08. The molecule has 0 saturated carbocycles. The quantitative estimate of drug-likeness (QED) is 0.295. The summed E-state index contributed by atoms with van der Waals surface area (Å²) >= 11 is 1.33. The van der Waals surface area contributed by atoms with Crippen molar-refractivity contribution >= 4 is 40.5 Å². The Labute approximate surface area is 228 Å². The fourth-order valence-corrected chi connectivity index (χ4v) is 4.49. The van der Waals surface area contributed by atoms with Crippen molar-refractivity contribution in [3.63, 3.8) is 0 Å². The largest absolute Gasteiger partial charge is 0.466 e. The molecule has 0 saturated heterocycles. The number of nitrogens with zero attached hydrogens (tertiary/aromatic N) is 3. The molecule has 2 amide bonds. The van der Waals surface area contributed by atoms with E-state index in [1.54, 1.807) is 62.9 Å². The van der Waals surface area contributed by atoms with Crippen LogP contribution in [0.1, 0.15) is 49.3 Å². The molecule has 10 nitrogen and oxygen atoms in total. The molecule has 0 radical (unpaired) electrons. The van der Waals surface area contributed by atoms with E-state index in [-0.39, 0.29) is 42.2 Å². The van der Waals surface area contributed by atoms with Gasteiger partial charge in [-0.3, -0.25) is 9.59 Å². The van der Waals surface area contributed by atoms with Gasteiger partial charge in [0.05, 0.1) is 29.8 Å². The van der Waals surface area contributed by atoms with E-state index in [0.29, 0.717) is 16.8 Å². The zero-order chi connectivity index (χ0) is 28.2. The Morgan fingerprint density at radius 3 is 2.64 bits per heavy atom. The van der Waals surface area contributed by atoms with Crippen LogP contribution in [0, 0.1) is 5.82 Å². The molecule has 0 aliphatic carbocycles. The van der Waals surface area contributed by atoms with Gasteiger partial charge in [0.15, 0.2) is 11.5 Å². The van der Waals surface area contributed by atoms with Crippen molar-refractivity contribution in [1.82, 2.24) is 19.9 Å². The Balaban J connectivity index is 1.61. The summed E-state index contributed by atoms with van der Waals surface area (Å²) in [5, 5.41) is 13.2. The average Bonchev–Trinajstić information content (AvgIpc) is 3.51. The van der Waals surface area contributed by atoms with E-state index >= 15 is 4.39 Å². The summed E-state index contributed by atoms with van der Waals surface area (Å²) in [6.07, 6.45) is 0.963. The molecule has 12 heteroatoms. The van der Waals surface area contributed by atoms with E-state index in [1.807, 2.05) is 0 Å². The van der Waals surface area contributed by atoms with Gasteiger partial charge in [-0.05, 0) is 56.8 Å². The normalized spacial score (nSPS) is 11.3. The molecule has 0 spiro atoms. The summed E-state index contributed by atoms with van der Waals surface area (Å²) in [6.45, 7) is 7.06. The van der Waals surface area contributed by atoms with Crippen LogP contribution in [0.15, 0.2) is 47.3 Å². The van der Waals surface area contributed by atoms with Gasteiger partial charge < -0.3 is 20.1 Å². The number of fused-ring (bicyclic) bond motifs is 1. The first-order valence-corrected chi connectivity index (χ1v) is 13.1. The molecule has 4 aromatic rings. The van der Waals surface area contributed by atoms with Crippen LogP contribution in [-0.2, 0) is 27.2 Å². The first-order valence-electron chi connectivity index (χ1n) is 12.2. The maximum Gasteiger partial charge on any atom is 0.407 e. The molecule has 2 N–H and O–H groups in total. The van der Waals surface area contributed by atoms with Crippen LogP contribution in [0.2, 0.25) is 0 Å². The van der Waals surface area contributed by atoms with Crippen LogP contribution >= 0.6 is 11.3 Å². The van der Waals surface area contributed by atoms with E-state index in [0.717, 1.165) is 0 Å². The van der Waals surface area contributed by atoms with E-state index in [9.17, 15) is 14.4 Å². The van der Waals surface area contributed by atoms with E-state index in [1.165, 1.54) is 28.0 Å². The second-order valence-corrected chi connectivity index (χ2v) is 10.2. The van der Waals surface area contributed by atoms with E-state index < -0.39 is 29.4 Å². The fraction of sp³-hybridized carbons (Fsp3) is 0.296. The van der Waals surface area contributed by atoms with Gasteiger partial charge in [-0.2, -0.15) is 0 Å². The number of thiophene rings is 1. The van der Waals surface area contributed by atoms with Crippen LogP contribution in [-0.4, -0.2) is 44.8 Å². The highest BCUT2D eigenvalue weighted by molar-refractivity contribution is 7.08. The lowest BCUT2D eigenvalue weighted by Gasteiger charge is -2.19. The van der Waals surface area contributed by atoms with Crippen molar-refractivity contribution in [3.8, 4) is 11.4 Å². The molecular formula is C27H28FN5O5S. The number of aromatic nitrogens is 3. The molecule has 0 unspecified atom stereocenters. The molecule has 0 aliphatic heterocycles. The van der Waals surface area contributed by atoms with Crippen LogP contribution in [0.25, 0.3) is 16.9 Å². The number of carbonyl (C=O) groups excluding carboxylic acids is 3. The number of hydrogen-bond acceptors (Lipinski definition) is 8. The molecule has 0 atom stereocenters. The fourth-order valence-electron chi connectivity index (χ4n) is 3.71. The molecule has 0 bridgehead atoms. The predicted octanol–water partition coefficient (Wildman–Crippen LogP) is 4.98. The van der Waals surface area contributed by atoms with Gasteiger partial charge in [-0.25, -0.2) is 18.7 Å². The maximum atomic E-state index is 15.5. The SMILES string of the molecule is CCOC(=O)Cc1cscc1NC(=O)c1nc(-c2cccc(CNC(=O)OC(C)(C)C)c2F)nn2cccc12. The smallest absolute Gasteiger partial charge is 0.407 e. The maximum absolute atomic E-state index is 15.5. The van der Waals surface area contributed by atoms with Crippen LogP contribution in [0.5, 0.6) is 0 Å². The number of carbonyl (C=O) groups is 3. The van der Waals surface area contributed by atoms with Gasteiger partial charge in [0.25, 0.3) is 5.91 Å². The number of ether oxygens (including phenoxy) is 2. The second kappa shape index (κ2) is 11.6. The summed E-state index contributed by atoms with van der Waals surface area (Å²) in [5.74, 6) is -1.60. The lowest BCUT2D eigenvalue weighted by Crippen LogP contribution is -2.32. The molecule has 1 aromatic carbocycles. The van der Waals surface area contributed by atoms with Crippen LogP contribution in [0.4, 0.5) is 14.9 Å². The summed E-state index contributed by atoms with van der Waals surface area (Å²) in [7, 11) is 0. The first kappa shape index (κ1) is 27.7. The predicted molar refractivity (Wildman–Crippen MR) is 144 cm³/mol. The lowest BCUT2D eigenvalue weighted by atomic mass is 10.1. The minimum atomic E-state index is -0.690. The van der Waals surface area contributed by atoms with E-state index in [2.05, 4.69) is 20.7 Å². The number of alkyl carbamates (subject to hydrolysis) is 1. The number of halogens is 1. The van der Waals surface area contributed by atoms with Gasteiger partial charge in [0, 0.05) is 23.7 Å². The summed E-state index contributed by atoms with van der Waals surface area (Å²) in [6, 6.07) is 8.00. The third kappa shape index (κ3) is 6.77. The highest BCUT2D eigenvalue weighted by Crippen LogP contribution is 2.26. The molecule has 0 aliphatic rings. The number of esters is 1. The van der Waals surface area contributed by atoms with Gasteiger partial charge >= 0.3 is 12.1 Å². The lowest BCUT2D eigenvalue weighted by molar-refractivity contribution is -0.142. The third-order valence-corrected chi connectivity index (χ3v) is 6.17. The monoisotopic (exact) mass is 553 g/mol. The Hall–Kier alpha value is -4.32. The van der Waals surface area contributed by atoms with Gasteiger partial charge in [-0.1, -0.05) is 12.1 Å². The van der Waals surface area contributed by atoms with Gasteiger partial charge in [-0.15, -0.1) is 16.4 Å². The summed E-state index contributed by atoms with van der Waals surface area (Å²) in [4.78, 5) is 41.7. The minimum Gasteiger partial charge on any atom is -0.466 e. The Kier molecular flexibility index (Phi) is 8.24. The average molecular weight is 554 g/mol. The molecule has 204 valence electrons. The van der Waals surface area contributed by atoms with Crippen molar-refractivity contribution in [2.24, 2.45) is 0 Å². The Morgan fingerprint density at radius 1 is 1.10 bits per heavy atom. The number of hydrogen-bond donors (Lipinski definition) is 2.